The Bertz CT molecular complexity index is 499. The summed E-state index contributed by atoms with van der Waals surface area (Å²) in [4.78, 5) is 4.13. The van der Waals surface area contributed by atoms with E-state index in [4.69, 9.17) is 11.6 Å². The Hall–Kier alpha value is -1.38. The zero-order valence-corrected chi connectivity index (χ0v) is 11.9. The summed E-state index contributed by atoms with van der Waals surface area (Å²) >= 11 is 6.04. The van der Waals surface area contributed by atoms with Crippen molar-refractivity contribution in [2.75, 3.05) is 6.54 Å². The van der Waals surface area contributed by atoms with Gasteiger partial charge in [-0.25, -0.2) is 0 Å². The van der Waals surface area contributed by atoms with Crippen molar-refractivity contribution in [2.45, 2.75) is 25.8 Å². The van der Waals surface area contributed by atoms with E-state index in [-0.39, 0.29) is 0 Å². The summed E-state index contributed by atoms with van der Waals surface area (Å²) in [6.45, 7) is 3.12. The average molecular weight is 275 g/mol. The lowest BCUT2D eigenvalue weighted by atomic mass is 10.0. The maximum atomic E-state index is 6.04. The molecule has 1 aromatic heterocycles. The molecule has 1 heterocycles. The minimum absolute atomic E-state index is 0.357. The van der Waals surface area contributed by atoms with E-state index in [2.05, 4.69) is 29.4 Å². The third-order valence-electron chi connectivity index (χ3n) is 3.19. The molecule has 2 nitrogen and oxygen atoms in total. The summed E-state index contributed by atoms with van der Waals surface area (Å²) in [5.41, 5.74) is 2.51. The highest BCUT2D eigenvalue weighted by molar-refractivity contribution is 6.30. The molecule has 0 saturated carbocycles. The minimum atomic E-state index is 0.357. The second-order valence-electron chi connectivity index (χ2n) is 4.58. The lowest BCUT2D eigenvalue weighted by molar-refractivity contribution is 0.522. The third-order valence-corrected chi connectivity index (χ3v) is 3.42. The molecule has 2 aromatic rings. The molecule has 0 fully saturated rings. The van der Waals surface area contributed by atoms with Gasteiger partial charge in [0, 0.05) is 23.5 Å². The number of halogens is 1. The summed E-state index contributed by atoms with van der Waals surface area (Å²) in [7, 11) is 0. The summed E-state index contributed by atoms with van der Waals surface area (Å²) in [6, 6.07) is 12.5. The van der Waals surface area contributed by atoms with Crippen LogP contribution in [0.15, 0.2) is 48.8 Å². The topological polar surface area (TPSA) is 24.9 Å². The van der Waals surface area contributed by atoms with Crippen molar-refractivity contribution in [3.05, 3.63) is 64.9 Å². The van der Waals surface area contributed by atoms with Gasteiger partial charge in [-0.05, 0) is 48.7 Å². The van der Waals surface area contributed by atoms with Crippen molar-refractivity contribution < 1.29 is 0 Å². The first-order chi connectivity index (χ1) is 9.29. The van der Waals surface area contributed by atoms with E-state index in [0.717, 1.165) is 24.4 Å². The number of hydrogen-bond donors (Lipinski definition) is 1. The first-order valence-corrected chi connectivity index (χ1v) is 7.05. The fourth-order valence-electron chi connectivity index (χ4n) is 2.16. The molecule has 2 rings (SSSR count). The van der Waals surface area contributed by atoms with Crippen LogP contribution in [-0.2, 0) is 6.42 Å². The molecule has 100 valence electrons. The SMILES string of the molecule is CCC(NCCc1cccnc1)c1cccc(Cl)c1. The van der Waals surface area contributed by atoms with Gasteiger partial charge in [-0.15, -0.1) is 0 Å². The fraction of sp³-hybridized carbons (Fsp3) is 0.312. The van der Waals surface area contributed by atoms with Crippen molar-refractivity contribution in [3.63, 3.8) is 0 Å². The quantitative estimate of drug-likeness (QED) is 0.861. The summed E-state index contributed by atoms with van der Waals surface area (Å²) in [5, 5.41) is 4.37. The standard InChI is InChI=1S/C16H19ClN2/c1-2-16(14-6-3-7-15(17)11-14)19-10-8-13-5-4-9-18-12-13/h3-7,9,11-12,16,19H,2,8,10H2,1H3. The van der Waals surface area contributed by atoms with Gasteiger partial charge in [0.05, 0.1) is 0 Å². The molecule has 3 heteroatoms. The normalized spacial score (nSPS) is 12.3. The molecule has 0 amide bonds. The van der Waals surface area contributed by atoms with Crippen LogP contribution >= 0.6 is 11.6 Å². The first kappa shape index (κ1) is 14.0. The minimum Gasteiger partial charge on any atom is -0.310 e. The molecule has 0 aliphatic carbocycles. The lowest BCUT2D eigenvalue weighted by Gasteiger charge is -2.17. The van der Waals surface area contributed by atoms with Gasteiger partial charge in [0.25, 0.3) is 0 Å². The molecule has 0 spiro atoms. The Labute approximate surface area is 119 Å². The highest BCUT2D eigenvalue weighted by Gasteiger charge is 2.08. The number of nitrogens with zero attached hydrogens (tertiary/aromatic N) is 1. The van der Waals surface area contributed by atoms with Crippen LogP contribution in [0.2, 0.25) is 5.02 Å². The van der Waals surface area contributed by atoms with Crippen LogP contribution in [0.5, 0.6) is 0 Å². The summed E-state index contributed by atoms with van der Waals surface area (Å²) in [5.74, 6) is 0. The highest BCUT2D eigenvalue weighted by atomic mass is 35.5. The molecular formula is C16H19ClN2. The van der Waals surface area contributed by atoms with Gasteiger partial charge >= 0.3 is 0 Å². The molecule has 0 aliphatic heterocycles. The van der Waals surface area contributed by atoms with Gasteiger partial charge in [-0.2, -0.15) is 0 Å². The molecule has 1 atom stereocenters. The van der Waals surface area contributed by atoms with Gasteiger partial charge in [-0.3, -0.25) is 4.98 Å². The molecule has 1 unspecified atom stereocenters. The van der Waals surface area contributed by atoms with Gasteiger partial charge in [0.1, 0.15) is 0 Å². The molecular weight excluding hydrogens is 256 g/mol. The van der Waals surface area contributed by atoms with Gasteiger partial charge in [0.15, 0.2) is 0 Å². The van der Waals surface area contributed by atoms with E-state index in [1.165, 1.54) is 11.1 Å². The van der Waals surface area contributed by atoms with Crippen LogP contribution in [0, 0.1) is 0 Å². The zero-order valence-electron chi connectivity index (χ0n) is 11.1. The number of benzene rings is 1. The van der Waals surface area contributed by atoms with E-state index in [0.29, 0.717) is 6.04 Å². The van der Waals surface area contributed by atoms with Crippen molar-refractivity contribution in [2.24, 2.45) is 0 Å². The van der Waals surface area contributed by atoms with Crippen LogP contribution in [0.1, 0.15) is 30.5 Å². The Morgan fingerprint density at radius 3 is 2.84 bits per heavy atom. The zero-order chi connectivity index (χ0) is 13.5. The third kappa shape index (κ3) is 4.34. The Kier molecular flexibility index (Phi) is 5.37. The smallest absolute Gasteiger partial charge is 0.0409 e. The van der Waals surface area contributed by atoms with Crippen molar-refractivity contribution >= 4 is 11.6 Å². The first-order valence-electron chi connectivity index (χ1n) is 6.67. The highest BCUT2D eigenvalue weighted by Crippen LogP contribution is 2.20. The van der Waals surface area contributed by atoms with Crippen LogP contribution in [-0.4, -0.2) is 11.5 Å². The lowest BCUT2D eigenvalue weighted by Crippen LogP contribution is -2.23. The van der Waals surface area contributed by atoms with E-state index in [9.17, 15) is 0 Å². The van der Waals surface area contributed by atoms with E-state index in [1.54, 1.807) is 6.20 Å². The maximum absolute atomic E-state index is 6.04. The Balaban J connectivity index is 1.89. The largest absolute Gasteiger partial charge is 0.310 e. The van der Waals surface area contributed by atoms with Crippen LogP contribution in [0.3, 0.4) is 0 Å². The Morgan fingerprint density at radius 1 is 1.26 bits per heavy atom. The van der Waals surface area contributed by atoms with E-state index >= 15 is 0 Å². The van der Waals surface area contributed by atoms with Gasteiger partial charge < -0.3 is 5.32 Å². The molecule has 1 N–H and O–H groups in total. The van der Waals surface area contributed by atoms with E-state index in [1.807, 2.05) is 30.5 Å². The number of nitrogens with one attached hydrogen (secondary N) is 1. The number of rotatable bonds is 6. The predicted octanol–water partition coefficient (Wildman–Crippen LogP) is 4.02. The number of aromatic nitrogens is 1. The van der Waals surface area contributed by atoms with Crippen LogP contribution < -0.4 is 5.32 Å². The number of pyridine rings is 1. The molecule has 1 aromatic carbocycles. The molecule has 0 aliphatic rings. The monoisotopic (exact) mass is 274 g/mol. The second kappa shape index (κ2) is 7.27. The summed E-state index contributed by atoms with van der Waals surface area (Å²) < 4.78 is 0. The molecule has 0 radical (unpaired) electrons. The van der Waals surface area contributed by atoms with Crippen LogP contribution in [0.4, 0.5) is 0 Å². The molecule has 0 bridgehead atoms. The second-order valence-corrected chi connectivity index (χ2v) is 5.02. The fourth-order valence-corrected chi connectivity index (χ4v) is 2.36. The summed E-state index contributed by atoms with van der Waals surface area (Å²) in [6.07, 6.45) is 5.76. The average Bonchev–Trinajstić information content (AvgIpc) is 2.45. The maximum Gasteiger partial charge on any atom is 0.0409 e. The molecule has 19 heavy (non-hydrogen) atoms. The van der Waals surface area contributed by atoms with Gasteiger partial charge in [0.2, 0.25) is 0 Å². The van der Waals surface area contributed by atoms with Crippen molar-refractivity contribution in [3.8, 4) is 0 Å². The predicted molar refractivity (Wildman–Crippen MR) is 80.4 cm³/mol. The van der Waals surface area contributed by atoms with E-state index < -0.39 is 0 Å². The Morgan fingerprint density at radius 2 is 2.16 bits per heavy atom. The number of hydrogen-bond acceptors (Lipinski definition) is 2. The van der Waals surface area contributed by atoms with Gasteiger partial charge in [-0.1, -0.05) is 36.7 Å². The van der Waals surface area contributed by atoms with Crippen LogP contribution in [0.25, 0.3) is 0 Å². The molecule has 0 saturated heterocycles. The van der Waals surface area contributed by atoms with Crippen molar-refractivity contribution in [1.29, 1.82) is 0 Å². The van der Waals surface area contributed by atoms with Crippen molar-refractivity contribution in [1.82, 2.24) is 10.3 Å².